The molecule has 2 N–H and O–H groups in total. The summed E-state index contributed by atoms with van der Waals surface area (Å²) in [7, 11) is 1.67. The molecule has 0 aliphatic heterocycles. The summed E-state index contributed by atoms with van der Waals surface area (Å²) in [6.45, 7) is 6.32. The van der Waals surface area contributed by atoms with Crippen molar-refractivity contribution in [2.45, 2.75) is 39.3 Å². The molecule has 0 fully saturated rings. The molecule has 0 aliphatic rings. The zero-order chi connectivity index (χ0) is 14.3. The van der Waals surface area contributed by atoms with Crippen molar-refractivity contribution in [3.8, 4) is 5.75 Å². The van der Waals surface area contributed by atoms with E-state index >= 15 is 0 Å². The minimum Gasteiger partial charge on any atom is -0.496 e. The summed E-state index contributed by atoms with van der Waals surface area (Å²) in [5, 5.41) is 6.08. The highest BCUT2D eigenvalue weighted by Crippen LogP contribution is 2.18. The number of ether oxygens (including phenoxy) is 1. The van der Waals surface area contributed by atoms with Crippen LogP contribution in [0, 0.1) is 0 Å². The molecule has 1 unspecified atom stereocenters. The van der Waals surface area contributed by atoms with E-state index in [4.69, 9.17) is 4.74 Å². The van der Waals surface area contributed by atoms with E-state index in [-0.39, 0.29) is 18.0 Å². The Labute approximate surface area is 115 Å². The number of carbonyl (C=O) groups excluding carboxylic acids is 1. The third-order valence-corrected chi connectivity index (χ3v) is 2.78. The molecule has 0 saturated carbocycles. The first-order valence-electron chi connectivity index (χ1n) is 6.67. The second kappa shape index (κ2) is 7.79. The first kappa shape index (κ1) is 15.5. The molecular weight excluding hydrogens is 240 g/mol. The fourth-order valence-corrected chi connectivity index (χ4v) is 1.91. The van der Waals surface area contributed by atoms with Crippen molar-refractivity contribution in [2.75, 3.05) is 13.7 Å². The van der Waals surface area contributed by atoms with Crippen LogP contribution < -0.4 is 15.4 Å². The molecule has 0 heterocycles. The molecule has 1 rings (SSSR count). The second-order valence-corrected chi connectivity index (χ2v) is 5.02. The third kappa shape index (κ3) is 5.75. The fourth-order valence-electron chi connectivity index (χ4n) is 1.91. The van der Waals surface area contributed by atoms with Crippen molar-refractivity contribution in [1.82, 2.24) is 10.6 Å². The van der Waals surface area contributed by atoms with Crippen LogP contribution in [0.2, 0.25) is 0 Å². The maximum atomic E-state index is 11.5. The van der Waals surface area contributed by atoms with Gasteiger partial charge in [-0.1, -0.05) is 18.2 Å². The quantitative estimate of drug-likeness (QED) is 0.788. The molecule has 1 atom stereocenters. The maximum Gasteiger partial charge on any atom is 0.234 e. The maximum absolute atomic E-state index is 11.5. The number of para-hydroxylation sites is 1. The van der Waals surface area contributed by atoms with Gasteiger partial charge in [-0.25, -0.2) is 0 Å². The summed E-state index contributed by atoms with van der Waals surface area (Å²) in [6, 6.07) is 8.35. The molecule has 0 spiro atoms. The Morgan fingerprint density at radius 3 is 2.58 bits per heavy atom. The molecule has 106 valence electrons. The number of methoxy groups -OCH3 is 1. The highest BCUT2D eigenvalue weighted by Gasteiger charge is 2.09. The Kier molecular flexibility index (Phi) is 6.36. The third-order valence-electron chi connectivity index (χ3n) is 2.78. The lowest BCUT2D eigenvalue weighted by atomic mass is 10.1. The molecule has 4 heteroatoms. The van der Waals surface area contributed by atoms with Crippen molar-refractivity contribution in [2.24, 2.45) is 0 Å². The van der Waals surface area contributed by atoms with Crippen molar-refractivity contribution < 1.29 is 9.53 Å². The lowest BCUT2D eigenvalue weighted by molar-refractivity contribution is -0.120. The highest BCUT2D eigenvalue weighted by atomic mass is 16.5. The average Bonchev–Trinajstić information content (AvgIpc) is 2.36. The van der Waals surface area contributed by atoms with Gasteiger partial charge < -0.3 is 15.4 Å². The average molecular weight is 264 g/mol. The molecule has 0 aromatic heterocycles. The number of carbonyl (C=O) groups is 1. The van der Waals surface area contributed by atoms with Crippen LogP contribution in [-0.4, -0.2) is 31.6 Å². The zero-order valence-corrected chi connectivity index (χ0v) is 12.2. The van der Waals surface area contributed by atoms with Gasteiger partial charge in [-0.05, 0) is 38.8 Å². The molecule has 0 bridgehead atoms. The van der Waals surface area contributed by atoms with E-state index in [1.807, 2.05) is 38.1 Å². The summed E-state index contributed by atoms with van der Waals surface area (Å²) < 4.78 is 5.32. The van der Waals surface area contributed by atoms with E-state index < -0.39 is 0 Å². The molecule has 0 aliphatic carbocycles. The summed E-state index contributed by atoms with van der Waals surface area (Å²) in [6.07, 6.45) is 0.832. The minimum atomic E-state index is 0.0295. The van der Waals surface area contributed by atoms with Crippen LogP contribution in [0.5, 0.6) is 5.75 Å². The largest absolute Gasteiger partial charge is 0.496 e. The highest BCUT2D eigenvalue weighted by molar-refractivity contribution is 5.78. The number of hydrogen-bond donors (Lipinski definition) is 2. The monoisotopic (exact) mass is 264 g/mol. The van der Waals surface area contributed by atoms with E-state index in [9.17, 15) is 4.79 Å². The van der Waals surface area contributed by atoms with Crippen LogP contribution >= 0.6 is 0 Å². The van der Waals surface area contributed by atoms with Crippen LogP contribution in [0.1, 0.15) is 26.3 Å². The Balaban J connectivity index is 2.42. The Bertz CT molecular complexity index is 405. The van der Waals surface area contributed by atoms with E-state index in [0.717, 1.165) is 17.7 Å². The van der Waals surface area contributed by atoms with Crippen molar-refractivity contribution in [3.63, 3.8) is 0 Å². The first-order chi connectivity index (χ1) is 9.02. The van der Waals surface area contributed by atoms with Gasteiger partial charge in [0.15, 0.2) is 0 Å². The molecule has 4 nitrogen and oxygen atoms in total. The van der Waals surface area contributed by atoms with E-state index in [1.54, 1.807) is 7.11 Å². The Morgan fingerprint density at radius 2 is 1.95 bits per heavy atom. The summed E-state index contributed by atoms with van der Waals surface area (Å²) >= 11 is 0. The second-order valence-electron chi connectivity index (χ2n) is 5.02. The smallest absolute Gasteiger partial charge is 0.234 e. The van der Waals surface area contributed by atoms with Gasteiger partial charge in [0, 0.05) is 12.1 Å². The number of nitrogens with one attached hydrogen (secondary N) is 2. The Morgan fingerprint density at radius 1 is 1.26 bits per heavy atom. The van der Waals surface area contributed by atoms with Gasteiger partial charge in [0.05, 0.1) is 13.7 Å². The lowest BCUT2D eigenvalue weighted by Crippen LogP contribution is -2.41. The summed E-state index contributed by atoms with van der Waals surface area (Å²) in [4.78, 5) is 11.5. The van der Waals surface area contributed by atoms with Crippen molar-refractivity contribution >= 4 is 5.91 Å². The standard InChI is InChI=1S/C15H24N2O2/c1-11(2)17-15(18)10-16-12(3)9-13-7-5-6-8-14(13)19-4/h5-8,11-12,16H,9-10H2,1-4H3,(H,17,18). The van der Waals surface area contributed by atoms with E-state index in [2.05, 4.69) is 17.6 Å². The van der Waals surface area contributed by atoms with E-state index in [0.29, 0.717) is 6.54 Å². The predicted octanol–water partition coefficient (Wildman–Crippen LogP) is 1.74. The molecule has 19 heavy (non-hydrogen) atoms. The van der Waals surface area contributed by atoms with Crippen molar-refractivity contribution in [3.05, 3.63) is 29.8 Å². The fraction of sp³-hybridized carbons (Fsp3) is 0.533. The van der Waals surface area contributed by atoms with Gasteiger partial charge in [-0.3, -0.25) is 4.79 Å². The Hall–Kier alpha value is -1.55. The van der Waals surface area contributed by atoms with Crippen LogP contribution in [-0.2, 0) is 11.2 Å². The summed E-state index contributed by atoms with van der Waals surface area (Å²) in [5.41, 5.74) is 1.15. The molecule has 1 aromatic rings. The number of rotatable bonds is 7. The SMILES string of the molecule is COc1ccccc1CC(C)NCC(=O)NC(C)C. The van der Waals surface area contributed by atoms with Gasteiger partial charge in [-0.15, -0.1) is 0 Å². The van der Waals surface area contributed by atoms with Gasteiger partial charge >= 0.3 is 0 Å². The van der Waals surface area contributed by atoms with Crippen LogP contribution in [0.3, 0.4) is 0 Å². The molecular formula is C15H24N2O2. The van der Waals surface area contributed by atoms with Crippen LogP contribution in [0.25, 0.3) is 0 Å². The molecule has 1 amide bonds. The minimum absolute atomic E-state index is 0.0295. The number of hydrogen-bond acceptors (Lipinski definition) is 3. The van der Waals surface area contributed by atoms with Gasteiger partial charge in [0.25, 0.3) is 0 Å². The topological polar surface area (TPSA) is 50.4 Å². The summed E-state index contributed by atoms with van der Waals surface area (Å²) in [5.74, 6) is 0.921. The normalized spacial score (nSPS) is 12.3. The number of amides is 1. The van der Waals surface area contributed by atoms with Crippen LogP contribution in [0.4, 0.5) is 0 Å². The number of benzene rings is 1. The van der Waals surface area contributed by atoms with Gasteiger partial charge in [0.2, 0.25) is 5.91 Å². The molecule has 1 aromatic carbocycles. The lowest BCUT2D eigenvalue weighted by Gasteiger charge is -2.16. The van der Waals surface area contributed by atoms with Gasteiger partial charge in [0.1, 0.15) is 5.75 Å². The van der Waals surface area contributed by atoms with E-state index in [1.165, 1.54) is 0 Å². The predicted molar refractivity (Wildman–Crippen MR) is 77.4 cm³/mol. The zero-order valence-electron chi connectivity index (χ0n) is 12.2. The molecule has 0 saturated heterocycles. The van der Waals surface area contributed by atoms with Crippen LogP contribution in [0.15, 0.2) is 24.3 Å². The van der Waals surface area contributed by atoms with Crippen molar-refractivity contribution in [1.29, 1.82) is 0 Å². The van der Waals surface area contributed by atoms with Gasteiger partial charge in [-0.2, -0.15) is 0 Å². The first-order valence-corrected chi connectivity index (χ1v) is 6.67. The molecule has 0 radical (unpaired) electrons.